The van der Waals surface area contributed by atoms with E-state index in [-0.39, 0.29) is 0 Å². The number of anilines is 1. The van der Waals surface area contributed by atoms with Gasteiger partial charge in [0.05, 0.1) is 18.4 Å². The van der Waals surface area contributed by atoms with E-state index in [1.54, 1.807) is 17.2 Å². The Balaban J connectivity index is 1.65. The lowest BCUT2D eigenvalue weighted by Crippen LogP contribution is -2.03. The van der Waals surface area contributed by atoms with Crippen LogP contribution in [0.4, 0.5) is 5.69 Å². The third-order valence-corrected chi connectivity index (χ3v) is 4.04. The van der Waals surface area contributed by atoms with Crippen molar-refractivity contribution in [2.24, 2.45) is 0 Å². The molecule has 0 aliphatic heterocycles. The van der Waals surface area contributed by atoms with Gasteiger partial charge in [-0.3, -0.25) is 4.21 Å². The summed E-state index contributed by atoms with van der Waals surface area (Å²) in [7, 11) is -0.836. The molecule has 3 rings (SSSR count). The van der Waals surface area contributed by atoms with Crippen molar-refractivity contribution >= 4 is 16.5 Å². The first kappa shape index (κ1) is 15.4. The van der Waals surface area contributed by atoms with E-state index in [1.165, 1.54) is 0 Å². The molecule has 0 aliphatic carbocycles. The molecule has 0 aliphatic rings. The van der Waals surface area contributed by atoms with Crippen LogP contribution in [0.15, 0.2) is 60.8 Å². The number of hydrogen-bond donors (Lipinski definition) is 1. The van der Waals surface area contributed by atoms with Gasteiger partial charge in [-0.05, 0) is 29.8 Å². The second-order valence-corrected chi connectivity index (χ2v) is 6.67. The van der Waals surface area contributed by atoms with E-state index >= 15 is 0 Å². The van der Waals surface area contributed by atoms with Gasteiger partial charge in [0.15, 0.2) is 0 Å². The summed E-state index contributed by atoms with van der Waals surface area (Å²) in [6.07, 6.45) is 3.47. The molecule has 6 heteroatoms. The van der Waals surface area contributed by atoms with E-state index in [1.807, 2.05) is 54.6 Å². The Morgan fingerprint density at radius 1 is 1.13 bits per heavy atom. The van der Waals surface area contributed by atoms with Gasteiger partial charge >= 0.3 is 0 Å². The summed E-state index contributed by atoms with van der Waals surface area (Å²) in [5.41, 5.74) is 3.84. The highest BCUT2D eigenvalue weighted by Gasteiger charge is 2.03. The first-order valence-corrected chi connectivity index (χ1v) is 9.03. The zero-order chi connectivity index (χ0) is 16.1. The minimum atomic E-state index is -0.836. The Bertz CT molecular complexity index is 801. The van der Waals surface area contributed by atoms with E-state index in [2.05, 4.69) is 15.5 Å². The molecule has 0 bridgehead atoms. The fraction of sp³-hybridized carbons (Fsp3) is 0.176. The lowest BCUT2D eigenvalue weighted by molar-refractivity contribution is 0.686. The van der Waals surface area contributed by atoms with Gasteiger partial charge in [-0.15, -0.1) is 0 Å². The number of nitrogens with zero attached hydrogens (tertiary/aromatic N) is 3. The van der Waals surface area contributed by atoms with Gasteiger partial charge in [0.1, 0.15) is 5.69 Å². The summed E-state index contributed by atoms with van der Waals surface area (Å²) >= 11 is 0. The van der Waals surface area contributed by atoms with Crippen LogP contribution >= 0.6 is 0 Å². The third kappa shape index (κ3) is 4.26. The lowest BCUT2D eigenvalue weighted by Gasteiger charge is -2.06. The molecule has 3 aromatic rings. The minimum absolute atomic E-state index is 0.569. The van der Waals surface area contributed by atoms with E-state index in [0.29, 0.717) is 12.3 Å². The molecule has 0 fully saturated rings. The number of rotatable bonds is 6. The van der Waals surface area contributed by atoms with Crippen molar-refractivity contribution in [3.05, 3.63) is 72.1 Å². The quantitative estimate of drug-likeness (QED) is 0.757. The monoisotopic (exact) mass is 326 g/mol. The van der Waals surface area contributed by atoms with Crippen molar-refractivity contribution in [1.29, 1.82) is 0 Å². The van der Waals surface area contributed by atoms with Gasteiger partial charge in [-0.25, -0.2) is 0 Å². The van der Waals surface area contributed by atoms with Crippen LogP contribution in [0.5, 0.6) is 0 Å². The van der Waals surface area contributed by atoms with E-state index in [9.17, 15) is 4.21 Å². The molecule has 2 aromatic carbocycles. The summed E-state index contributed by atoms with van der Waals surface area (Å²) in [5, 5.41) is 12.1. The lowest BCUT2D eigenvalue weighted by atomic mass is 10.2. The molecule has 1 unspecified atom stereocenters. The molecule has 0 saturated heterocycles. The molecule has 1 heterocycles. The predicted octanol–water partition coefficient (Wildman–Crippen LogP) is 2.76. The minimum Gasteiger partial charge on any atom is -0.379 e. The molecule has 1 N–H and O–H groups in total. The molecule has 5 nitrogen and oxygen atoms in total. The SMILES string of the molecule is CS(=O)Cc1cccc(NCc2cnn(-c3ccccc3)n2)c1. The average Bonchev–Trinajstić information content (AvgIpc) is 3.02. The molecule has 0 amide bonds. The van der Waals surface area contributed by atoms with Crippen molar-refractivity contribution in [3.63, 3.8) is 0 Å². The summed E-state index contributed by atoms with van der Waals surface area (Å²) in [4.78, 5) is 1.62. The molecule has 23 heavy (non-hydrogen) atoms. The maximum atomic E-state index is 11.3. The van der Waals surface area contributed by atoms with E-state index in [0.717, 1.165) is 22.6 Å². The van der Waals surface area contributed by atoms with Gasteiger partial charge < -0.3 is 5.32 Å². The zero-order valence-electron chi connectivity index (χ0n) is 12.8. The summed E-state index contributed by atoms with van der Waals surface area (Å²) in [6.45, 7) is 0.589. The Morgan fingerprint density at radius 3 is 2.74 bits per heavy atom. The molecular weight excluding hydrogens is 308 g/mol. The highest BCUT2D eigenvalue weighted by Crippen LogP contribution is 2.13. The molecule has 0 saturated carbocycles. The number of para-hydroxylation sites is 1. The van der Waals surface area contributed by atoms with Crippen LogP contribution in [0.3, 0.4) is 0 Å². The number of aromatic nitrogens is 3. The normalized spacial score (nSPS) is 12.0. The zero-order valence-corrected chi connectivity index (χ0v) is 13.7. The van der Waals surface area contributed by atoms with Crippen LogP contribution in [-0.2, 0) is 23.1 Å². The molecule has 118 valence electrons. The van der Waals surface area contributed by atoms with Gasteiger partial charge in [-0.1, -0.05) is 30.3 Å². The van der Waals surface area contributed by atoms with Gasteiger partial charge in [0.25, 0.3) is 0 Å². The van der Waals surface area contributed by atoms with E-state index in [4.69, 9.17) is 0 Å². The van der Waals surface area contributed by atoms with Crippen LogP contribution in [0.1, 0.15) is 11.3 Å². The molecule has 1 atom stereocenters. The first-order chi connectivity index (χ1) is 11.2. The Morgan fingerprint density at radius 2 is 1.96 bits per heavy atom. The van der Waals surface area contributed by atoms with Crippen molar-refractivity contribution in [1.82, 2.24) is 15.0 Å². The van der Waals surface area contributed by atoms with Crippen molar-refractivity contribution in [2.75, 3.05) is 11.6 Å². The maximum Gasteiger partial charge on any atom is 0.102 e. The summed E-state index contributed by atoms with van der Waals surface area (Å²) in [6, 6.07) is 17.8. The number of hydrogen-bond acceptors (Lipinski definition) is 4. The topological polar surface area (TPSA) is 59.8 Å². The fourth-order valence-corrected chi connectivity index (χ4v) is 2.91. The third-order valence-electron chi connectivity index (χ3n) is 3.30. The van der Waals surface area contributed by atoms with Crippen LogP contribution < -0.4 is 5.32 Å². The predicted molar refractivity (Wildman–Crippen MR) is 92.9 cm³/mol. The summed E-state index contributed by atoms with van der Waals surface area (Å²) < 4.78 is 11.3. The van der Waals surface area contributed by atoms with Crippen molar-refractivity contribution in [3.8, 4) is 5.69 Å². The second kappa shape index (κ2) is 7.19. The van der Waals surface area contributed by atoms with Crippen LogP contribution in [-0.4, -0.2) is 25.5 Å². The van der Waals surface area contributed by atoms with Gasteiger partial charge in [-0.2, -0.15) is 15.0 Å². The molecule has 1 aromatic heterocycles. The first-order valence-electron chi connectivity index (χ1n) is 7.30. The largest absolute Gasteiger partial charge is 0.379 e. The average molecular weight is 326 g/mol. The van der Waals surface area contributed by atoms with Crippen LogP contribution in [0.25, 0.3) is 5.69 Å². The van der Waals surface area contributed by atoms with Crippen molar-refractivity contribution < 1.29 is 4.21 Å². The van der Waals surface area contributed by atoms with E-state index < -0.39 is 10.8 Å². The molecular formula is C17H18N4OS. The van der Waals surface area contributed by atoms with Crippen LogP contribution in [0, 0.1) is 0 Å². The smallest absolute Gasteiger partial charge is 0.102 e. The van der Waals surface area contributed by atoms with Crippen LogP contribution in [0.2, 0.25) is 0 Å². The second-order valence-electron chi connectivity index (χ2n) is 5.23. The number of nitrogens with one attached hydrogen (secondary N) is 1. The Labute approximate surface area is 137 Å². The van der Waals surface area contributed by atoms with Crippen molar-refractivity contribution in [2.45, 2.75) is 12.3 Å². The Kier molecular flexibility index (Phi) is 4.83. The standard InChI is InChI=1S/C17H18N4OS/c1-23(22)13-14-6-5-7-15(10-14)18-11-16-12-19-21(20-16)17-8-3-2-4-9-17/h2-10,12,18H,11,13H2,1H3. The molecule has 0 spiro atoms. The molecule has 0 radical (unpaired) electrons. The van der Waals surface area contributed by atoms with Gasteiger partial charge in [0.2, 0.25) is 0 Å². The number of benzene rings is 2. The fourth-order valence-electron chi connectivity index (χ4n) is 2.26. The Hall–Kier alpha value is -2.47. The highest BCUT2D eigenvalue weighted by molar-refractivity contribution is 7.83. The highest BCUT2D eigenvalue weighted by atomic mass is 32.2. The summed E-state index contributed by atoms with van der Waals surface area (Å²) in [5.74, 6) is 0.569. The maximum absolute atomic E-state index is 11.3. The van der Waals surface area contributed by atoms with Gasteiger partial charge in [0, 0.05) is 28.5 Å².